The first-order valence-corrected chi connectivity index (χ1v) is 11.6. The summed E-state index contributed by atoms with van der Waals surface area (Å²) in [6, 6.07) is 0. The van der Waals surface area contributed by atoms with Gasteiger partial charge in [-0.1, -0.05) is 27.7 Å². The second kappa shape index (κ2) is 9.30. The van der Waals surface area contributed by atoms with Crippen LogP contribution in [0.15, 0.2) is 0 Å². The fraction of sp³-hybridized carbons (Fsp3) is 0.917. The van der Waals surface area contributed by atoms with Gasteiger partial charge in [0.05, 0.1) is 11.3 Å². The minimum atomic E-state index is -4.43. The molecule has 3 atom stereocenters. The summed E-state index contributed by atoms with van der Waals surface area (Å²) >= 11 is 0. The summed E-state index contributed by atoms with van der Waals surface area (Å²) in [6.07, 6.45) is 4.38. The van der Waals surface area contributed by atoms with Gasteiger partial charge in [0.2, 0.25) is 0 Å². The number of rotatable bonds is 6. The van der Waals surface area contributed by atoms with Gasteiger partial charge >= 0.3 is 18.1 Å². The molecule has 0 aromatic rings. The molecule has 4 fully saturated rings. The Kier molecular flexibility index (Phi) is 7.80. The molecule has 0 N–H and O–H groups in total. The van der Waals surface area contributed by atoms with Crippen LogP contribution in [0.25, 0.3) is 0 Å². The fourth-order valence-corrected chi connectivity index (χ4v) is 5.69. The van der Waals surface area contributed by atoms with Crippen molar-refractivity contribution < 1.29 is 32.2 Å². The molecule has 3 unspecified atom stereocenters. The van der Waals surface area contributed by atoms with Crippen LogP contribution in [0, 0.1) is 28.6 Å². The van der Waals surface area contributed by atoms with Crippen molar-refractivity contribution in [1.82, 2.24) is 0 Å². The van der Waals surface area contributed by atoms with Gasteiger partial charge in [0.25, 0.3) is 0 Å². The highest BCUT2D eigenvalue weighted by Gasteiger charge is 2.58. The molecule has 180 valence electrons. The molecule has 0 radical (unpaired) electrons. The summed E-state index contributed by atoms with van der Waals surface area (Å²) in [5, 5.41) is 0. The van der Waals surface area contributed by atoms with E-state index in [-0.39, 0.29) is 17.0 Å². The summed E-state index contributed by atoms with van der Waals surface area (Å²) in [5.74, 6) is 0.385. The maximum Gasteiger partial charge on any atom is 0.422 e. The van der Waals surface area contributed by atoms with Crippen molar-refractivity contribution in [3.05, 3.63) is 0 Å². The molecule has 4 bridgehead atoms. The molecule has 4 saturated carbocycles. The van der Waals surface area contributed by atoms with Gasteiger partial charge in [-0.2, -0.15) is 13.2 Å². The lowest BCUT2D eigenvalue weighted by Gasteiger charge is -2.60. The van der Waals surface area contributed by atoms with E-state index in [9.17, 15) is 22.8 Å². The van der Waals surface area contributed by atoms with Crippen LogP contribution in [0.4, 0.5) is 13.2 Å². The SMILES string of the molecule is CCC(C)(C)C(=O)OC12CC3CC(CC(C)(C3)C1)C2.CCC(C)C(=O)OCC(F)(F)F. The lowest BCUT2D eigenvalue weighted by Crippen LogP contribution is -2.57. The summed E-state index contributed by atoms with van der Waals surface area (Å²) in [6.45, 7) is 10.3. The van der Waals surface area contributed by atoms with E-state index in [0.717, 1.165) is 37.5 Å². The quantitative estimate of drug-likeness (QED) is 0.438. The van der Waals surface area contributed by atoms with E-state index in [4.69, 9.17) is 4.74 Å². The zero-order chi connectivity index (χ0) is 23.7. The first kappa shape index (κ1) is 26.0. The van der Waals surface area contributed by atoms with Crippen LogP contribution in [-0.2, 0) is 19.1 Å². The van der Waals surface area contributed by atoms with Gasteiger partial charge < -0.3 is 9.47 Å². The van der Waals surface area contributed by atoms with Gasteiger partial charge in [-0.15, -0.1) is 0 Å². The van der Waals surface area contributed by atoms with Crippen LogP contribution in [0.2, 0.25) is 0 Å². The Balaban J connectivity index is 0.000000248. The number of hydrogen-bond donors (Lipinski definition) is 0. The summed E-state index contributed by atoms with van der Waals surface area (Å²) in [4.78, 5) is 23.2. The first-order valence-electron chi connectivity index (χ1n) is 11.6. The number of ether oxygens (including phenoxy) is 2. The van der Waals surface area contributed by atoms with Gasteiger partial charge in [-0.3, -0.25) is 9.59 Å². The minimum Gasteiger partial charge on any atom is -0.459 e. The summed E-state index contributed by atoms with van der Waals surface area (Å²) in [5.41, 5.74) is 0.00726. The standard InChI is InChI=1S/C17H28O2.C7H11F3O2/c1-5-15(2,3)14(18)19-17-9-12-6-13(10-17)8-16(4,7-12)11-17;1-3-5(2)6(11)12-4-7(8,9)10/h12-13H,5-11H2,1-4H3;5H,3-4H2,1-2H3. The smallest absolute Gasteiger partial charge is 0.422 e. The molecule has 4 aliphatic rings. The van der Waals surface area contributed by atoms with Gasteiger partial charge in [0, 0.05) is 0 Å². The van der Waals surface area contributed by atoms with Crippen LogP contribution in [-0.4, -0.2) is 30.3 Å². The van der Waals surface area contributed by atoms with E-state index in [1.54, 1.807) is 6.92 Å². The Bertz CT molecular complexity index is 642. The lowest BCUT2D eigenvalue weighted by molar-refractivity contribution is -0.207. The average Bonchev–Trinajstić information content (AvgIpc) is 2.62. The van der Waals surface area contributed by atoms with Gasteiger partial charge in [0.1, 0.15) is 5.60 Å². The number of carbonyl (C=O) groups is 2. The maximum atomic E-state index is 12.5. The number of alkyl halides is 3. The second-order valence-corrected chi connectivity index (χ2v) is 11.1. The maximum absolute atomic E-state index is 12.5. The minimum absolute atomic E-state index is 0.0283. The van der Waals surface area contributed by atoms with Gasteiger partial charge in [-0.25, -0.2) is 0 Å². The molecule has 0 heterocycles. The molecule has 4 aliphatic carbocycles. The molecule has 0 amide bonds. The Labute approximate surface area is 184 Å². The Morgan fingerprint density at radius 2 is 1.61 bits per heavy atom. The van der Waals surface area contributed by atoms with Crippen molar-refractivity contribution in [1.29, 1.82) is 0 Å². The van der Waals surface area contributed by atoms with E-state index in [1.165, 1.54) is 26.2 Å². The van der Waals surface area contributed by atoms with E-state index in [0.29, 0.717) is 11.8 Å². The molecule has 4 nitrogen and oxygen atoms in total. The Morgan fingerprint density at radius 1 is 1.06 bits per heavy atom. The van der Waals surface area contributed by atoms with Crippen molar-refractivity contribution >= 4 is 11.9 Å². The molecule has 0 aromatic heterocycles. The van der Waals surface area contributed by atoms with Crippen LogP contribution < -0.4 is 0 Å². The highest BCUT2D eigenvalue weighted by atomic mass is 19.4. The zero-order valence-corrected chi connectivity index (χ0v) is 19.9. The summed E-state index contributed by atoms with van der Waals surface area (Å²) < 4.78 is 44.6. The molecule has 4 rings (SSSR count). The highest BCUT2D eigenvalue weighted by Crippen LogP contribution is 2.62. The van der Waals surface area contributed by atoms with Crippen molar-refractivity contribution in [2.24, 2.45) is 28.6 Å². The Hall–Kier alpha value is -1.27. The van der Waals surface area contributed by atoms with Crippen molar-refractivity contribution in [2.75, 3.05) is 6.61 Å². The van der Waals surface area contributed by atoms with Gasteiger partial charge in [0.15, 0.2) is 6.61 Å². The third-order valence-corrected chi connectivity index (χ3v) is 7.44. The van der Waals surface area contributed by atoms with Crippen LogP contribution in [0.1, 0.15) is 92.9 Å². The molecule has 0 aromatic carbocycles. The third kappa shape index (κ3) is 6.85. The second-order valence-electron chi connectivity index (χ2n) is 11.1. The molecule has 0 spiro atoms. The largest absolute Gasteiger partial charge is 0.459 e. The number of esters is 2. The van der Waals surface area contributed by atoms with E-state index >= 15 is 0 Å². The number of carbonyl (C=O) groups excluding carboxylic acids is 2. The topological polar surface area (TPSA) is 52.6 Å². The predicted octanol–water partition coefficient (Wildman–Crippen LogP) is 6.46. The normalized spacial score (nSPS) is 32.7. The molecular weight excluding hydrogens is 409 g/mol. The van der Waals surface area contributed by atoms with E-state index < -0.39 is 24.7 Å². The molecular formula is C24H39F3O4. The van der Waals surface area contributed by atoms with Gasteiger partial charge in [-0.05, 0) is 82.5 Å². The van der Waals surface area contributed by atoms with Crippen LogP contribution in [0.3, 0.4) is 0 Å². The fourth-order valence-electron chi connectivity index (χ4n) is 5.69. The van der Waals surface area contributed by atoms with E-state index in [1.807, 2.05) is 13.8 Å². The van der Waals surface area contributed by atoms with Crippen LogP contribution >= 0.6 is 0 Å². The summed E-state index contributed by atoms with van der Waals surface area (Å²) in [7, 11) is 0. The molecule has 7 heteroatoms. The average molecular weight is 449 g/mol. The number of halogens is 3. The third-order valence-electron chi connectivity index (χ3n) is 7.44. The number of hydrogen-bond acceptors (Lipinski definition) is 4. The highest BCUT2D eigenvalue weighted by molar-refractivity contribution is 5.76. The van der Waals surface area contributed by atoms with Crippen molar-refractivity contribution in [3.63, 3.8) is 0 Å². The molecule has 0 aliphatic heterocycles. The lowest BCUT2D eigenvalue weighted by atomic mass is 9.48. The van der Waals surface area contributed by atoms with E-state index in [2.05, 4.69) is 18.6 Å². The van der Waals surface area contributed by atoms with Crippen LogP contribution in [0.5, 0.6) is 0 Å². The van der Waals surface area contributed by atoms with Crippen molar-refractivity contribution in [2.45, 2.75) is 105 Å². The predicted molar refractivity (Wildman–Crippen MR) is 112 cm³/mol. The van der Waals surface area contributed by atoms with Crippen molar-refractivity contribution in [3.8, 4) is 0 Å². The molecule has 0 saturated heterocycles. The zero-order valence-electron chi connectivity index (χ0n) is 19.9. The Morgan fingerprint density at radius 3 is 2.03 bits per heavy atom. The first-order chi connectivity index (χ1) is 14.1. The monoisotopic (exact) mass is 448 g/mol. The molecule has 31 heavy (non-hydrogen) atoms.